The molecule has 0 bridgehead atoms. The molecule has 2 spiro atoms. The van der Waals surface area contributed by atoms with Gasteiger partial charge in [0.1, 0.15) is 22.6 Å². The number of hydrogen-bond donors (Lipinski definition) is 4. The van der Waals surface area contributed by atoms with E-state index in [4.69, 9.17) is 55.9 Å². The first kappa shape index (κ1) is 37.0. The first-order chi connectivity index (χ1) is 19.9. The minimum absolute atomic E-state index is 0. The SMILES string of the molecule is Cc1cc(Cl)cc(Cl)c1C1=C(O)C2(CCCOC2)NC1=O.Cc1cc(Cl)cc(Cl)c1C1=C(O)C2(CCCOC2)NC1=O.[Na+].[OH-]. The van der Waals surface area contributed by atoms with Crippen LogP contribution in [0.5, 0.6) is 0 Å². The average molecular weight is 696 g/mol. The van der Waals surface area contributed by atoms with Crippen molar-refractivity contribution in [1.82, 2.24) is 10.6 Å². The van der Waals surface area contributed by atoms with E-state index in [2.05, 4.69) is 10.6 Å². The molecule has 2 amide bonds. The standard InChI is InChI=1S/2C15H15Cl2NO3.Na.H2O/c2*1-8-5-9(16)6-10(17)11(8)12-13(19)15(18-14(12)20)3-2-4-21-7-15;;/h2*5-6,19H,2-4,7H2,1H3,(H,18,20);;1H2/q;;+1;/p-1. The number of nitrogens with one attached hydrogen (secondary N) is 2. The Morgan fingerprint density at radius 2 is 1.07 bits per heavy atom. The Kier molecular flexibility index (Phi) is 12.2. The summed E-state index contributed by atoms with van der Waals surface area (Å²) in [4.78, 5) is 24.7. The van der Waals surface area contributed by atoms with Crippen LogP contribution in [0.15, 0.2) is 35.8 Å². The molecule has 6 rings (SSSR count). The second-order valence-electron chi connectivity index (χ2n) is 11.0. The van der Waals surface area contributed by atoms with Gasteiger partial charge in [0, 0.05) is 34.4 Å². The molecule has 2 unspecified atom stereocenters. The number of ether oxygens (including phenoxy) is 2. The van der Waals surface area contributed by atoms with E-state index in [1.54, 1.807) is 24.3 Å². The number of amides is 2. The topological polar surface area (TPSA) is 147 Å². The molecular formula is C30H31Cl4N2NaO7. The van der Waals surface area contributed by atoms with Crippen LogP contribution >= 0.6 is 46.4 Å². The molecule has 4 aliphatic rings. The Hall–Kier alpha value is -1.50. The summed E-state index contributed by atoms with van der Waals surface area (Å²) in [5, 5.41) is 28.7. The van der Waals surface area contributed by atoms with Gasteiger partial charge in [-0.15, -0.1) is 0 Å². The van der Waals surface area contributed by atoms with Crippen molar-refractivity contribution in [3.63, 3.8) is 0 Å². The molecule has 232 valence electrons. The van der Waals surface area contributed by atoms with Crippen molar-refractivity contribution < 1.29 is 64.3 Å². The van der Waals surface area contributed by atoms with Crippen molar-refractivity contribution in [2.24, 2.45) is 0 Å². The van der Waals surface area contributed by atoms with E-state index in [1.807, 2.05) is 13.8 Å². The van der Waals surface area contributed by atoms with Gasteiger partial charge in [0.2, 0.25) is 0 Å². The number of carbonyl (C=O) groups is 2. The van der Waals surface area contributed by atoms with Crippen LogP contribution in [0.4, 0.5) is 0 Å². The molecule has 2 aromatic carbocycles. The summed E-state index contributed by atoms with van der Waals surface area (Å²) in [6, 6.07) is 6.58. The molecule has 0 saturated carbocycles. The molecule has 0 radical (unpaired) electrons. The van der Waals surface area contributed by atoms with Crippen molar-refractivity contribution >= 4 is 69.4 Å². The van der Waals surface area contributed by atoms with E-state index in [0.717, 1.165) is 24.0 Å². The Balaban J connectivity index is 0.000000230. The fourth-order valence-electron chi connectivity index (χ4n) is 6.03. The van der Waals surface area contributed by atoms with Crippen molar-refractivity contribution in [3.8, 4) is 0 Å². The quantitative estimate of drug-likeness (QED) is 0.353. The fourth-order valence-corrected chi connectivity index (χ4v) is 7.41. The normalized spacial score (nSPS) is 24.4. The maximum Gasteiger partial charge on any atom is 1.00 e. The van der Waals surface area contributed by atoms with Gasteiger partial charge in [0.25, 0.3) is 11.8 Å². The van der Waals surface area contributed by atoms with Gasteiger partial charge in [0.15, 0.2) is 0 Å². The minimum atomic E-state index is -0.819. The summed E-state index contributed by atoms with van der Waals surface area (Å²) < 4.78 is 10.9. The predicted octanol–water partition coefficient (Wildman–Crippen LogP) is 3.33. The summed E-state index contributed by atoms with van der Waals surface area (Å²) in [5.74, 6) is -0.630. The molecule has 9 nitrogen and oxygen atoms in total. The van der Waals surface area contributed by atoms with Crippen molar-refractivity contribution in [3.05, 3.63) is 78.1 Å². The van der Waals surface area contributed by atoms with E-state index >= 15 is 0 Å². The number of halogens is 4. The minimum Gasteiger partial charge on any atom is -0.870 e. The molecule has 0 aliphatic carbocycles. The molecule has 2 fully saturated rings. The van der Waals surface area contributed by atoms with Crippen LogP contribution in [0.3, 0.4) is 0 Å². The first-order valence-corrected chi connectivity index (χ1v) is 15.0. The van der Waals surface area contributed by atoms with E-state index in [9.17, 15) is 19.8 Å². The number of rotatable bonds is 2. The zero-order chi connectivity index (χ0) is 30.4. The third-order valence-electron chi connectivity index (χ3n) is 8.03. The van der Waals surface area contributed by atoms with E-state index in [-0.39, 0.29) is 82.7 Å². The number of aliphatic hydroxyl groups is 2. The van der Waals surface area contributed by atoms with Gasteiger partial charge in [-0.05, 0) is 74.9 Å². The van der Waals surface area contributed by atoms with Crippen molar-refractivity contribution in [2.75, 3.05) is 26.4 Å². The van der Waals surface area contributed by atoms with Gasteiger partial charge in [-0.3, -0.25) is 9.59 Å². The number of aryl methyl sites for hydroxylation is 2. The second kappa shape index (κ2) is 14.5. The van der Waals surface area contributed by atoms with Crippen LogP contribution in [0, 0.1) is 13.8 Å². The Morgan fingerprint density at radius 1 is 0.705 bits per heavy atom. The zero-order valence-electron chi connectivity index (χ0n) is 24.5. The Morgan fingerprint density at radius 3 is 1.36 bits per heavy atom. The summed E-state index contributed by atoms with van der Waals surface area (Å²) in [7, 11) is 0. The predicted molar refractivity (Wildman–Crippen MR) is 165 cm³/mol. The second-order valence-corrected chi connectivity index (χ2v) is 12.7. The molecule has 4 aliphatic heterocycles. The Bertz CT molecular complexity index is 1370. The monoisotopic (exact) mass is 694 g/mol. The van der Waals surface area contributed by atoms with Gasteiger partial charge in [-0.1, -0.05) is 46.4 Å². The van der Waals surface area contributed by atoms with Gasteiger partial charge in [-0.25, -0.2) is 0 Å². The fraction of sp³-hybridized carbons (Fsp3) is 0.400. The smallest absolute Gasteiger partial charge is 0.870 e. The summed E-state index contributed by atoms with van der Waals surface area (Å²) in [6.45, 7) is 5.45. The van der Waals surface area contributed by atoms with E-state index in [1.165, 1.54) is 0 Å². The van der Waals surface area contributed by atoms with E-state index in [0.29, 0.717) is 57.3 Å². The molecule has 5 N–H and O–H groups in total. The van der Waals surface area contributed by atoms with Crippen LogP contribution < -0.4 is 40.2 Å². The van der Waals surface area contributed by atoms with Gasteiger partial charge >= 0.3 is 29.6 Å². The van der Waals surface area contributed by atoms with Crippen molar-refractivity contribution in [1.29, 1.82) is 0 Å². The number of carbonyl (C=O) groups excluding carboxylic acids is 2. The molecule has 2 atom stereocenters. The first-order valence-electron chi connectivity index (χ1n) is 13.5. The molecule has 0 aromatic heterocycles. The zero-order valence-corrected chi connectivity index (χ0v) is 29.5. The number of benzene rings is 2. The number of hydrogen-bond acceptors (Lipinski definition) is 7. The Labute approximate surface area is 297 Å². The van der Waals surface area contributed by atoms with E-state index < -0.39 is 11.1 Å². The third-order valence-corrected chi connectivity index (χ3v) is 9.06. The van der Waals surface area contributed by atoms with Crippen LogP contribution in [-0.4, -0.2) is 65.0 Å². The average Bonchev–Trinajstić information content (AvgIpc) is 3.28. The summed E-state index contributed by atoms with van der Waals surface area (Å²) in [5.41, 5.74) is 1.35. The third kappa shape index (κ3) is 6.79. The van der Waals surface area contributed by atoms with Crippen molar-refractivity contribution in [2.45, 2.75) is 50.6 Å². The van der Waals surface area contributed by atoms with Crippen LogP contribution in [-0.2, 0) is 19.1 Å². The molecule has 14 heteroatoms. The van der Waals surface area contributed by atoms with Crippen LogP contribution in [0.1, 0.15) is 47.9 Å². The summed E-state index contributed by atoms with van der Waals surface area (Å²) >= 11 is 24.4. The molecular weight excluding hydrogens is 665 g/mol. The molecule has 2 saturated heterocycles. The largest absolute Gasteiger partial charge is 1.00 e. The summed E-state index contributed by atoms with van der Waals surface area (Å²) in [6.07, 6.45) is 2.87. The molecule has 2 aromatic rings. The molecule has 4 heterocycles. The molecule has 44 heavy (non-hydrogen) atoms. The van der Waals surface area contributed by atoms with Gasteiger partial charge in [-0.2, -0.15) is 0 Å². The maximum atomic E-state index is 12.4. The van der Waals surface area contributed by atoms with Gasteiger partial charge in [0.05, 0.1) is 34.4 Å². The van der Waals surface area contributed by atoms with Crippen LogP contribution in [0.2, 0.25) is 20.1 Å². The van der Waals surface area contributed by atoms with Gasteiger partial charge < -0.3 is 35.8 Å². The number of aliphatic hydroxyl groups excluding tert-OH is 2. The van der Waals surface area contributed by atoms with Crippen LogP contribution in [0.25, 0.3) is 11.1 Å². The maximum absolute atomic E-state index is 12.4.